The lowest BCUT2D eigenvalue weighted by Gasteiger charge is -2.44. The highest BCUT2D eigenvalue weighted by atomic mass is 16.5. The zero-order chi connectivity index (χ0) is 13.2. The molecule has 0 saturated heterocycles. The van der Waals surface area contributed by atoms with Gasteiger partial charge in [-0.25, -0.2) is 0 Å². The number of hydrogen-bond acceptors (Lipinski definition) is 3. The second-order valence-electron chi connectivity index (χ2n) is 4.81. The van der Waals surface area contributed by atoms with E-state index in [0.717, 1.165) is 30.6 Å². The Morgan fingerprint density at radius 2 is 2.00 bits per heavy atom. The van der Waals surface area contributed by atoms with E-state index in [9.17, 15) is 9.90 Å². The predicted octanol–water partition coefficient (Wildman–Crippen LogP) is 2.21. The van der Waals surface area contributed by atoms with Crippen LogP contribution in [-0.4, -0.2) is 25.2 Å². The quantitative estimate of drug-likeness (QED) is 0.840. The first kappa shape index (κ1) is 12.9. The summed E-state index contributed by atoms with van der Waals surface area (Å²) in [7, 11) is 3.44. The number of carboxylic acid groups (broad SMARTS) is 1. The highest BCUT2D eigenvalue weighted by Gasteiger charge is 2.50. The molecule has 2 N–H and O–H groups in total. The first-order valence-corrected chi connectivity index (χ1v) is 6.18. The van der Waals surface area contributed by atoms with Crippen molar-refractivity contribution in [2.24, 2.45) is 5.41 Å². The van der Waals surface area contributed by atoms with Crippen LogP contribution < -0.4 is 10.1 Å². The third kappa shape index (κ3) is 1.97. The van der Waals surface area contributed by atoms with Gasteiger partial charge in [-0.15, -0.1) is 0 Å². The monoisotopic (exact) mass is 249 g/mol. The maximum Gasteiger partial charge on any atom is 0.311 e. The van der Waals surface area contributed by atoms with Gasteiger partial charge in [-0.2, -0.15) is 0 Å². The van der Waals surface area contributed by atoms with Crippen LogP contribution in [0.25, 0.3) is 0 Å². The topological polar surface area (TPSA) is 58.6 Å². The number of carbonyl (C=O) groups is 1. The molecule has 98 valence electrons. The lowest BCUT2D eigenvalue weighted by atomic mass is 9.62. The average molecular weight is 249 g/mol. The van der Waals surface area contributed by atoms with Gasteiger partial charge in [0, 0.05) is 6.04 Å². The molecule has 0 bridgehead atoms. The molecule has 2 rings (SSSR count). The second kappa shape index (κ2) is 4.98. The fourth-order valence-electron chi connectivity index (χ4n) is 2.74. The van der Waals surface area contributed by atoms with Gasteiger partial charge >= 0.3 is 5.97 Å². The summed E-state index contributed by atoms with van der Waals surface area (Å²) in [6.07, 6.45) is 2.46. The number of nitrogens with one attached hydrogen (secondary N) is 1. The SMILES string of the molecule is CNC(c1ccc(OC)cc1)C1(C(=O)O)CCC1. The normalized spacial score (nSPS) is 18.8. The van der Waals surface area contributed by atoms with Gasteiger partial charge in [0.25, 0.3) is 0 Å². The van der Waals surface area contributed by atoms with E-state index in [2.05, 4.69) is 5.32 Å². The maximum atomic E-state index is 11.5. The highest BCUT2D eigenvalue weighted by molar-refractivity contribution is 5.77. The van der Waals surface area contributed by atoms with E-state index in [1.807, 2.05) is 31.3 Å². The van der Waals surface area contributed by atoms with Gasteiger partial charge in [0.1, 0.15) is 5.75 Å². The molecule has 1 aliphatic carbocycles. The van der Waals surface area contributed by atoms with Gasteiger partial charge < -0.3 is 15.2 Å². The molecular formula is C14H19NO3. The van der Waals surface area contributed by atoms with Gasteiger partial charge in [-0.3, -0.25) is 4.79 Å². The lowest BCUT2D eigenvalue weighted by Crippen LogP contribution is -2.47. The summed E-state index contributed by atoms with van der Waals surface area (Å²) in [6.45, 7) is 0. The maximum absolute atomic E-state index is 11.5. The van der Waals surface area contributed by atoms with Crippen LogP contribution in [-0.2, 0) is 4.79 Å². The zero-order valence-corrected chi connectivity index (χ0v) is 10.8. The Kier molecular flexibility index (Phi) is 3.57. The molecule has 18 heavy (non-hydrogen) atoms. The van der Waals surface area contributed by atoms with Crippen molar-refractivity contribution in [1.82, 2.24) is 5.32 Å². The summed E-state index contributed by atoms with van der Waals surface area (Å²) in [6, 6.07) is 7.46. The molecular weight excluding hydrogens is 230 g/mol. The zero-order valence-electron chi connectivity index (χ0n) is 10.8. The van der Waals surface area contributed by atoms with Crippen LogP contribution >= 0.6 is 0 Å². The fourth-order valence-corrected chi connectivity index (χ4v) is 2.74. The Morgan fingerprint density at radius 1 is 1.39 bits per heavy atom. The van der Waals surface area contributed by atoms with E-state index >= 15 is 0 Å². The van der Waals surface area contributed by atoms with Gasteiger partial charge in [-0.1, -0.05) is 18.6 Å². The van der Waals surface area contributed by atoms with Crippen molar-refractivity contribution in [3.8, 4) is 5.75 Å². The molecule has 1 aliphatic rings. The number of benzene rings is 1. The first-order chi connectivity index (χ1) is 8.64. The van der Waals surface area contributed by atoms with Crippen LogP contribution in [0.1, 0.15) is 30.9 Å². The van der Waals surface area contributed by atoms with Crippen LogP contribution in [0.4, 0.5) is 0 Å². The van der Waals surface area contributed by atoms with Crippen LogP contribution in [0.3, 0.4) is 0 Å². The van der Waals surface area contributed by atoms with Crippen LogP contribution in [0.2, 0.25) is 0 Å². The minimum atomic E-state index is -0.705. The van der Waals surface area contributed by atoms with E-state index in [1.165, 1.54) is 0 Å². The van der Waals surface area contributed by atoms with Crippen molar-refractivity contribution < 1.29 is 14.6 Å². The van der Waals surface area contributed by atoms with E-state index in [4.69, 9.17) is 4.74 Å². The molecule has 1 aromatic carbocycles. The van der Waals surface area contributed by atoms with Crippen LogP contribution in [0, 0.1) is 5.41 Å². The summed E-state index contributed by atoms with van der Waals surface area (Å²) in [5, 5.41) is 12.6. The molecule has 1 aromatic rings. The molecule has 0 aliphatic heterocycles. The number of methoxy groups -OCH3 is 1. The highest BCUT2D eigenvalue weighted by Crippen LogP contribution is 2.50. The smallest absolute Gasteiger partial charge is 0.311 e. The van der Waals surface area contributed by atoms with E-state index < -0.39 is 11.4 Å². The number of rotatable bonds is 5. The Balaban J connectivity index is 2.29. The summed E-state index contributed by atoms with van der Waals surface area (Å²) >= 11 is 0. The largest absolute Gasteiger partial charge is 0.497 e. The van der Waals surface area contributed by atoms with Gasteiger partial charge in [0.2, 0.25) is 0 Å². The first-order valence-electron chi connectivity index (χ1n) is 6.18. The van der Waals surface area contributed by atoms with Crippen molar-refractivity contribution in [2.75, 3.05) is 14.2 Å². The molecule has 1 unspecified atom stereocenters. The van der Waals surface area contributed by atoms with Crippen molar-refractivity contribution in [3.05, 3.63) is 29.8 Å². The minimum absolute atomic E-state index is 0.144. The third-order valence-corrected chi connectivity index (χ3v) is 3.96. The molecule has 0 heterocycles. The Morgan fingerprint density at radius 3 is 2.33 bits per heavy atom. The molecule has 1 fully saturated rings. The number of hydrogen-bond donors (Lipinski definition) is 2. The minimum Gasteiger partial charge on any atom is -0.497 e. The molecule has 4 heteroatoms. The molecule has 0 radical (unpaired) electrons. The molecule has 1 atom stereocenters. The molecule has 4 nitrogen and oxygen atoms in total. The fraction of sp³-hybridized carbons (Fsp3) is 0.500. The van der Waals surface area contributed by atoms with Crippen LogP contribution in [0.15, 0.2) is 24.3 Å². The van der Waals surface area contributed by atoms with Crippen molar-refractivity contribution in [3.63, 3.8) is 0 Å². The number of aliphatic carboxylic acids is 1. The van der Waals surface area contributed by atoms with E-state index in [0.29, 0.717) is 0 Å². The van der Waals surface area contributed by atoms with Crippen molar-refractivity contribution in [2.45, 2.75) is 25.3 Å². The summed E-state index contributed by atoms with van der Waals surface area (Å²) < 4.78 is 5.12. The van der Waals surface area contributed by atoms with Crippen LogP contribution in [0.5, 0.6) is 5.75 Å². The average Bonchev–Trinajstić information content (AvgIpc) is 2.33. The summed E-state index contributed by atoms with van der Waals surface area (Å²) in [4.78, 5) is 11.5. The number of carboxylic acids is 1. The predicted molar refractivity (Wildman–Crippen MR) is 68.7 cm³/mol. The standard InChI is InChI=1S/C14H19NO3/c1-15-12(14(13(16)17)8-3-9-14)10-4-6-11(18-2)7-5-10/h4-7,12,15H,3,8-9H2,1-2H3,(H,16,17). The van der Waals surface area contributed by atoms with Crippen molar-refractivity contribution >= 4 is 5.97 Å². The van der Waals surface area contributed by atoms with Gasteiger partial charge in [0.15, 0.2) is 0 Å². The Bertz CT molecular complexity index is 423. The summed E-state index contributed by atoms with van der Waals surface area (Å²) in [5.41, 5.74) is 0.351. The molecule has 0 spiro atoms. The molecule has 0 aromatic heterocycles. The molecule has 0 amide bonds. The van der Waals surface area contributed by atoms with Gasteiger partial charge in [0.05, 0.1) is 12.5 Å². The summed E-state index contributed by atoms with van der Waals surface area (Å²) in [5.74, 6) is 0.0792. The van der Waals surface area contributed by atoms with Gasteiger partial charge in [-0.05, 0) is 37.6 Å². The number of ether oxygens (including phenoxy) is 1. The second-order valence-corrected chi connectivity index (χ2v) is 4.81. The van der Waals surface area contributed by atoms with Crippen molar-refractivity contribution in [1.29, 1.82) is 0 Å². The Hall–Kier alpha value is -1.55. The van der Waals surface area contributed by atoms with E-state index in [1.54, 1.807) is 7.11 Å². The Labute approximate surface area is 107 Å². The molecule has 1 saturated carbocycles. The lowest BCUT2D eigenvalue weighted by molar-refractivity contribution is -0.157. The van der Waals surface area contributed by atoms with E-state index in [-0.39, 0.29) is 6.04 Å². The third-order valence-electron chi connectivity index (χ3n) is 3.96.